The smallest absolute Gasteiger partial charge is 0.325 e. The zero-order chi connectivity index (χ0) is 21.0. The summed E-state index contributed by atoms with van der Waals surface area (Å²) in [7, 11) is 0. The molecule has 3 rings (SSSR count). The molecule has 1 aromatic heterocycles. The highest BCUT2D eigenvalue weighted by molar-refractivity contribution is 6.02. The second kappa shape index (κ2) is 9.00. The van der Waals surface area contributed by atoms with Gasteiger partial charge in [-0.25, -0.2) is 14.8 Å². The van der Waals surface area contributed by atoms with E-state index in [1.807, 2.05) is 56.9 Å². The highest BCUT2D eigenvalue weighted by Crippen LogP contribution is 2.18. The SMILES string of the molecule is Cc1cc(N2CCN(CC(=O)NC(=O)Nc3cccc(C)c3C)CC2)nc(C)n1. The zero-order valence-corrected chi connectivity index (χ0v) is 17.5. The summed E-state index contributed by atoms with van der Waals surface area (Å²) >= 11 is 0. The lowest BCUT2D eigenvalue weighted by Crippen LogP contribution is -2.50. The van der Waals surface area contributed by atoms with E-state index in [1.165, 1.54) is 0 Å². The Morgan fingerprint density at radius 2 is 1.76 bits per heavy atom. The number of rotatable bonds is 4. The van der Waals surface area contributed by atoms with Gasteiger partial charge in [-0.3, -0.25) is 15.0 Å². The van der Waals surface area contributed by atoms with E-state index in [9.17, 15) is 9.59 Å². The van der Waals surface area contributed by atoms with E-state index in [0.29, 0.717) is 5.69 Å². The number of imide groups is 1. The van der Waals surface area contributed by atoms with Crippen molar-refractivity contribution in [3.8, 4) is 0 Å². The van der Waals surface area contributed by atoms with Crippen LogP contribution >= 0.6 is 0 Å². The molecule has 1 saturated heterocycles. The van der Waals surface area contributed by atoms with Gasteiger partial charge in [-0.15, -0.1) is 0 Å². The first kappa shape index (κ1) is 20.7. The molecule has 0 atom stereocenters. The van der Waals surface area contributed by atoms with Crippen LogP contribution in [-0.4, -0.2) is 59.5 Å². The number of amides is 3. The summed E-state index contributed by atoms with van der Waals surface area (Å²) in [4.78, 5) is 37.5. The number of carbonyl (C=O) groups is 2. The average Bonchev–Trinajstić information content (AvgIpc) is 2.65. The maximum atomic E-state index is 12.3. The van der Waals surface area contributed by atoms with Crippen molar-refractivity contribution in [1.82, 2.24) is 20.2 Å². The third kappa shape index (κ3) is 5.51. The molecule has 1 aromatic carbocycles. The Labute approximate surface area is 171 Å². The average molecular weight is 396 g/mol. The minimum Gasteiger partial charge on any atom is -0.354 e. The lowest BCUT2D eigenvalue weighted by atomic mass is 10.1. The van der Waals surface area contributed by atoms with E-state index in [2.05, 4.69) is 25.5 Å². The number of aryl methyl sites for hydroxylation is 3. The van der Waals surface area contributed by atoms with E-state index in [0.717, 1.165) is 54.6 Å². The van der Waals surface area contributed by atoms with Crippen LogP contribution in [-0.2, 0) is 4.79 Å². The Bertz CT molecular complexity index is 886. The van der Waals surface area contributed by atoms with Crippen LogP contribution in [0.15, 0.2) is 24.3 Å². The first-order chi connectivity index (χ1) is 13.8. The maximum Gasteiger partial charge on any atom is 0.325 e. The predicted molar refractivity (Wildman–Crippen MR) is 113 cm³/mol. The standard InChI is InChI=1S/C21H28N6O2/c1-14-6-5-7-18(16(14)3)24-21(29)25-20(28)13-26-8-10-27(11-9-26)19-12-15(2)22-17(4)23-19/h5-7,12H,8-11,13H2,1-4H3,(H2,24,25,28,29). The van der Waals surface area contributed by atoms with Crippen molar-refractivity contribution >= 4 is 23.4 Å². The van der Waals surface area contributed by atoms with Gasteiger partial charge in [0, 0.05) is 43.6 Å². The molecule has 2 N–H and O–H groups in total. The van der Waals surface area contributed by atoms with E-state index < -0.39 is 6.03 Å². The van der Waals surface area contributed by atoms with Gasteiger partial charge in [0.2, 0.25) is 5.91 Å². The highest BCUT2D eigenvalue weighted by Gasteiger charge is 2.21. The van der Waals surface area contributed by atoms with Gasteiger partial charge in [0.15, 0.2) is 0 Å². The summed E-state index contributed by atoms with van der Waals surface area (Å²) in [6.07, 6.45) is 0. The van der Waals surface area contributed by atoms with Gasteiger partial charge >= 0.3 is 6.03 Å². The molecule has 154 valence electrons. The lowest BCUT2D eigenvalue weighted by molar-refractivity contribution is -0.121. The number of benzene rings is 1. The van der Waals surface area contributed by atoms with Crippen molar-refractivity contribution in [3.63, 3.8) is 0 Å². The van der Waals surface area contributed by atoms with Crippen LogP contribution in [0.1, 0.15) is 22.6 Å². The summed E-state index contributed by atoms with van der Waals surface area (Å²) < 4.78 is 0. The Hall–Kier alpha value is -3.00. The van der Waals surface area contributed by atoms with Gasteiger partial charge < -0.3 is 10.2 Å². The number of hydrogen-bond acceptors (Lipinski definition) is 6. The van der Waals surface area contributed by atoms with Crippen LogP contribution in [0.3, 0.4) is 0 Å². The van der Waals surface area contributed by atoms with Gasteiger partial charge in [-0.05, 0) is 44.9 Å². The van der Waals surface area contributed by atoms with Gasteiger partial charge in [-0.2, -0.15) is 0 Å². The molecule has 0 unspecified atom stereocenters. The third-order valence-electron chi connectivity index (χ3n) is 5.12. The van der Waals surface area contributed by atoms with E-state index in [4.69, 9.17) is 0 Å². The van der Waals surface area contributed by atoms with Crippen LogP contribution in [0.25, 0.3) is 0 Å². The summed E-state index contributed by atoms with van der Waals surface area (Å²) in [5, 5.41) is 5.16. The summed E-state index contributed by atoms with van der Waals surface area (Å²) in [5.74, 6) is 1.37. The molecule has 2 aromatic rings. The summed E-state index contributed by atoms with van der Waals surface area (Å²) in [5.41, 5.74) is 3.73. The minimum atomic E-state index is -0.505. The minimum absolute atomic E-state index is 0.190. The first-order valence-electron chi connectivity index (χ1n) is 9.78. The number of aromatic nitrogens is 2. The molecule has 0 bridgehead atoms. The van der Waals surface area contributed by atoms with Crippen molar-refractivity contribution in [1.29, 1.82) is 0 Å². The molecule has 1 fully saturated rings. The topological polar surface area (TPSA) is 90.5 Å². The van der Waals surface area contributed by atoms with Crippen molar-refractivity contribution in [2.24, 2.45) is 0 Å². The number of urea groups is 1. The van der Waals surface area contributed by atoms with E-state index in [-0.39, 0.29) is 12.5 Å². The molecule has 1 aliphatic heterocycles. The fourth-order valence-electron chi connectivity index (χ4n) is 3.40. The monoisotopic (exact) mass is 396 g/mol. The van der Waals surface area contributed by atoms with Crippen molar-refractivity contribution in [2.45, 2.75) is 27.7 Å². The number of nitrogens with zero attached hydrogens (tertiary/aromatic N) is 4. The Morgan fingerprint density at radius 1 is 1.03 bits per heavy atom. The quantitative estimate of drug-likeness (QED) is 0.823. The first-order valence-corrected chi connectivity index (χ1v) is 9.78. The Balaban J connectivity index is 1.47. The Morgan fingerprint density at radius 3 is 2.45 bits per heavy atom. The molecular weight excluding hydrogens is 368 g/mol. The molecule has 8 nitrogen and oxygen atoms in total. The molecule has 0 spiro atoms. The van der Waals surface area contributed by atoms with Gasteiger partial charge in [0.05, 0.1) is 6.54 Å². The second-order valence-electron chi connectivity index (χ2n) is 7.43. The largest absolute Gasteiger partial charge is 0.354 e. The predicted octanol–water partition coefficient (Wildman–Crippen LogP) is 2.18. The normalized spacial score (nSPS) is 14.6. The maximum absolute atomic E-state index is 12.3. The third-order valence-corrected chi connectivity index (χ3v) is 5.12. The summed E-state index contributed by atoms with van der Waals surface area (Å²) in [6.45, 7) is 11.0. The fourth-order valence-corrected chi connectivity index (χ4v) is 3.40. The van der Waals surface area contributed by atoms with Crippen molar-refractivity contribution in [2.75, 3.05) is 42.9 Å². The van der Waals surface area contributed by atoms with Crippen LogP contribution < -0.4 is 15.5 Å². The summed E-state index contributed by atoms with van der Waals surface area (Å²) in [6, 6.07) is 7.15. The number of piperazine rings is 1. The Kier molecular flexibility index (Phi) is 6.43. The van der Waals surface area contributed by atoms with E-state index in [1.54, 1.807) is 0 Å². The highest BCUT2D eigenvalue weighted by atomic mass is 16.2. The van der Waals surface area contributed by atoms with Crippen molar-refractivity contribution < 1.29 is 9.59 Å². The molecule has 3 amide bonds. The van der Waals surface area contributed by atoms with Crippen LogP contribution in [0.2, 0.25) is 0 Å². The molecule has 29 heavy (non-hydrogen) atoms. The zero-order valence-electron chi connectivity index (χ0n) is 17.5. The fraction of sp³-hybridized carbons (Fsp3) is 0.429. The molecule has 1 aliphatic rings. The molecule has 0 aliphatic carbocycles. The number of anilines is 2. The van der Waals surface area contributed by atoms with Gasteiger partial charge in [0.1, 0.15) is 11.6 Å². The van der Waals surface area contributed by atoms with Crippen LogP contribution in [0, 0.1) is 27.7 Å². The molecule has 0 saturated carbocycles. The van der Waals surface area contributed by atoms with E-state index >= 15 is 0 Å². The number of hydrogen-bond donors (Lipinski definition) is 2. The lowest BCUT2D eigenvalue weighted by Gasteiger charge is -2.35. The molecule has 8 heteroatoms. The number of nitrogens with one attached hydrogen (secondary N) is 2. The number of carbonyl (C=O) groups excluding carboxylic acids is 2. The molecule has 2 heterocycles. The molecule has 0 radical (unpaired) electrons. The van der Waals surface area contributed by atoms with Gasteiger partial charge in [0.25, 0.3) is 0 Å². The van der Waals surface area contributed by atoms with Crippen LogP contribution in [0.4, 0.5) is 16.3 Å². The van der Waals surface area contributed by atoms with Crippen LogP contribution in [0.5, 0.6) is 0 Å². The van der Waals surface area contributed by atoms with Crippen molar-refractivity contribution in [3.05, 3.63) is 46.9 Å². The molecular formula is C21H28N6O2. The van der Waals surface area contributed by atoms with Gasteiger partial charge in [-0.1, -0.05) is 12.1 Å². The second-order valence-corrected chi connectivity index (χ2v) is 7.43.